The maximum Gasteiger partial charge on any atom is 0.0486 e. The van der Waals surface area contributed by atoms with Crippen LogP contribution >= 0.6 is 11.8 Å². The molecule has 4 unspecified atom stereocenters. The molecule has 1 saturated carbocycles. The van der Waals surface area contributed by atoms with E-state index in [-0.39, 0.29) is 0 Å². The number of fused-ring (bicyclic) bond motifs is 3. The van der Waals surface area contributed by atoms with Crippen molar-refractivity contribution in [2.45, 2.75) is 42.6 Å². The van der Waals surface area contributed by atoms with Crippen LogP contribution in [-0.4, -0.2) is 10.5 Å². The molecule has 3 aliphatic carbocycles. The summed E-state index contributed by atoms with van der Waals surface area (Å²) in [6.07, 6.45) is 21.4. The number of hydrogen-bond acceptors (Lipinski definition) is 1. The highest BCUT2D eigenvalue weighted by molar-refractivity contribution is 8.01. The van der Waals surface area contributed by atoms with Gasteiger partial charge in [-0.05, 0) is 42.2 Å². The van der Waals surface area contributed by atoms with Crippen molar-refractivity contribution in [1.82, 2.24) is 0 Å². The Hall–Kier alpha value is -0.690. The van der Waals surface area contributed by atoms with Gasteiger partial charge < -0.3 is 0 Å². The third-order valence-electron chi connectivity index (χ3n) is 4.92. The molecule has 1 aliphatic heterocycles. The van der Waals surface area contributed by atoms with E-state index in [1.807, 2.05) is 0 Å². The standard InChI is InChI=1S/C17H20S/c1-2-6-13-11-17-15(9-12(13)5-1)10-14-7-3-4-8-16(14)18-17/h3-4,7-10,12-13,16-17H,1-2,5-6,11H2. The molecule has 1 fully saturated rings. The van der Waals surface area contributed by atoms with Gasteiger partial charge in [0.25, 0.3) is 0 Å². The normalized spacial score (nSPS) is 41.3. The Morgan fingerprint density at radius 2 is 2.00 bits per heavy atom. The Balaban J connectivity index is 1.68. The Kier molecular flexibility index (Phi) is 2.76. The molecule has 0 aromatic rings. The zero-order chi connectivity index (χ0) is 11.9. The lowest BCUT2D eigenvalue weighted by molar-refractivity contribution is 0.259. The minimum Gasteiger partial charge on any atom is -0.141 e. The quantitative estimate of drug-likeness (QED) is 0.607. The van der Waals surface area contributed by atoms with Gasteiger partial charge in [0.1, 0.15) is 0 Å². The van der Waals surface area contributed by atoms with Crippen LogP contribution in [-0.2, 0) is 0 Å². The van der Waals surface area contributed by atoms with Crippen molar-refractivity contribution >= 4 is 11.8 Å². The van der Waals surface area contributed by atoms with Crippen LogP contribution in [0.25, 0.3) is 0 Å². The van der Waals surface area contributed by atoms with Gasteiger partial charge in [0.15, 0.2) is 0 Å². The van der Waals surface area contributed by atoms with Gasteiger partial charge in [-0.2, -0.15) is 0 Å². The molecule has 4 atom stereocenters. The lowest BCUT2D eigenvalue weighted by atomic mass is 9.72. The van der Waals surface area contributed by atoms with Gasteiger partial charge in [0.05, 0.1) is 0 Å². The van der Waals surface area contributed by atoms with E-state index in [9.17, 15) is 0 Å². The van der Waals surface area contributed by atoms with Crippen LogP contribution in [0.3, 0.4) is 0 Å². The molecule has 1 heterocycles. The van der Waals surface area contributed by atoms with Gasteiger partial charge in [0, 0.05) is 10.5 Å². The molecule has 0 nitrogen and oxygen atoms in total. The first-order chi connectivity index (χ1) is 8.90. The molecule has 94 valence electrons. The molecular weight excluding hydrogens is 236 g/mol. The summed E-state index contributed by atoms with van der Waals surface area (Å²) in [6.45, 7) is 0. The fourth-order valence-electron chi connectivity index (χ4n) is 3.95. The van der Waals surface area contributed by atoms with Gasteiger partial charge in [-0.1, -0.05) is 49.3 Å². The minimum absolute atomic E-state index is 0.622. The lowest BCUT2D eigenvalue weighted by Crippen LogP contribution is -2.31. The Morgan fingerprint density at radius 1 is 1.06 bits per heavy atom. The largest absolute Gasteiger partial charge is 0.141 e. The molecule has 0 aromatic heterocycles. The van der Waals surface area contributed by atoms with Crippen molar-refractivity contribution in [2.75, 3.05) is 0 Å². The Morgan fingerprint density at radius 3 is 3.00 bits per heavy atom. The van der Waals surface area contributed by atoms with E-state index in [1.54, 1.807) is 5.57 Å². The van der Waals surface area contributed by atoms with Crippen LogP contribution in [0, 0.1) is 11.8 Å². The summed E-state index contributed by atoms with van der Waals surface area (Å²) in [6, 6.07) is 0. The summed E-state index contributed by atoms with van der Waals surface area (Å²) in [5, 5.41) is 1.39. The van der Waals surface area contributed by atoms with Crippen LogP contribution in [0.15, 0.2) is 47.6 Å². The van der Waals surface area contributed by atoms with Crippen LogP contribution < -0.4 is 0 Å². The van der Waals surface area contributed by atoms with E-state index >= 15 is 0 Å². The van der Waals surface area contributed by atoms with Crippen molar-refractivity contribution in [2.24, 2.45) is 11.8 Å². The Bertz CT molecular complexity index is 466. The second-order valence-electron chi connectivity index (χ2n) is 6.04. The van der Waals surface area contributed by atoms with E-state index in [2.05, 4.69) is 48.2 Å². The highest BCUT2D eigenvalue weighted by atomic mass is 32.2. The first-order valence-corrected chi connectivity index (χ1v) is 8.28. The van der Waals surface area contributed by atoms with Crippen molar-refractivity contribution in [3.05, 3.63) is 47.6 Å². The molecule has 0 N–H and O–H groups in total. The fraction of sp³-hybridized carbons (Fsp3) is 0.529. The monoisotopic (exact) mass is 256 g/mol. The average Bonchev–Trinajstić information content (AvgIpc) is 2.42. The van der Waals surface area contributed by atoms with Gasteiger partial charge in [-0.15, -0.1) is 11.8 Å². The van der Waals surface area contributed by atoms with Gasteiger partial charge in [0.2, 0.25) is 0 Å². The van der Waals surface area contributed by atoms with E-state index in [0.717, 1.165) is 17.1 Å². The third-order valence-corrected chi connectivity index (χ3v) is 6.44. The van der Waals surface area contributed by atoms with Gasteiger partial charge in [-0.3, -0.25) is 0 Å². The molecule has 4 aliphatic rings. The third kappa shape index (κ3) is 1.84. The lowest BCUT2D eigenvalue weighted by Gasteiger charge is -2.41. The second-order valence-corrected chi connectivity index (χ2v) is 7.39. The topological polar surface area (TPSA) is 0 Å². The number of allylic oxidation sites excluding steroid dienone is 5. The summed E-state index contributed by atoms with van der Waals surface area (Å²) in [4.78, 5) is 0. The zero-order valence-corrected chi connectivity index (χ0v) is 11.5. The zero-order valence-electron chi connectivity index (χ0n) is 10.7. The SMILES string of the molecule is C1=CC2=CC3=CC4CCCCC4CC3SC2C=C1. The van der Waals surface area contributed by atoms with E-state index in [1.165, 1.54) is 37.7 Å². The first-order valence-electron chi connectivity index (χ1n) is 7.34. The smallest absolute Gasteiger partial charge is 0.0486 e. The molecule has 0 spiro atoms. The first kappa shape index (κ1) is 11.2. The van der Waals surface area contributed by atoms with Gasteiger partial charge >= 0.3 is 0 Å². The van der Waals surface area contributed by atoms with Crippen LogP contribution in [0.1, 0.15) is 32.1 Å². The molecular formula is C17H20S. The number of rotatable bonds is 0. The summed E-state index contributed by atoms with van der Waals surface area (Å²) >= 11 is 2.18. The summed E-state index contributed by atoms with van der Waals surface area (Å²) < 4.78 is 0. The molecule has 4 rings (SSSR count). The average molecular weight is 256 g/mol. The van der Waals surface area contributed by atoms with E-state index in [4.69, 9.17) is 0 Å². The van der Waals surface area contributed by atoms with E-state index < -0.39 is 0 Å². The van der Waals surface area contributed by atoms with Gasteiger partial charge in [-0.25, -0.2) is 0 Å². The molecule has 18 heavy (non-hydrogen) atoms. The maximum absolute atomic E-state index is 2.63. The molecule has 1 heteroatoms. The van der Waals surface area contributed by atoms with Crippen LogP contribution in [0.4, 0.5) is 0 Å². The highest BCUT2D eigenvalue weighted by Gasteiger charge is 2.35. The summed E-state index contributed by atoms with van der Waals surface area (Å²) in [7, 11) is 0. The highest BCUT2D eigenvalue weighted by Crippen LogP contribution is 2.48. The maximum atomic E-state index is 2.63. The van der Waals surface area contributed by atoms with E-state index in [0.29, 0.717) is 5.25 Å². The predicted molar refractivity (Wildman–Crippen MR) is 79.7 cm³/mol. The molecule has 0 radical (unpaired) electrons. The van der Waals surface area contributed by atoms with Crippen molar-refractivity contribution < 1.29 is 0 Å². The van der Waals surface area contributed by atoms with Crippen LogP contribution in [0.5, 0.6) is 0 Å². The van der Waals surface area contributed by atoms with Crippen LogP contribution in [0.2, 0.25) is 0 Å². The molecule has 0 aromatic carbocycles. The molecule has 0 bridgehead atoms. The fourth-order valence-corrected chi connectivity index (χ4v) is 5.45. The summed E-state index contributed by atoms with van der Waals surface area (Å²) in [5.74, 6) is 1.88. The molecule has 0 saturated heterocycles. The number of thioether (sulfide) groups is 1. The number of hydrogen-bond donors (Lipinski definition) is 0. The minimum atomic E-state index is 0.622. The summed E-state index contributed by atoms with van der Waals surface area (Å²) in [5.41, 5.74) is 3.15. The van der Waals surface area contributed by atoms with Crippen molar-refractivity contribution in [3.8, 4) is 0 Å². The van der Waals surface area contributed by atoms with Crippen molar-refractivity contribution in [3.63, 3.8) is 0 Å². The second kappa shape index (κ2) is 4.45. The molecule has 0 amide bonds. The van der Waals surface area contributed by atoms with Crippen molar-refractivity contribution in [1.29, 1.82) is 0 Å². The Labute approximate surface area is 114 Å². The predicted octanol–water partition coefficient (Wildman–Crippen LogP) is 4.66.